The second-order valence-electron chi connectivity index (χ2n) is 18.5. The number of amides is 1. The highest BCUT2D eigenvalue weighted by Crippen LogP contribution is 2.38. The van der Waals surface area contributed by atoms with E-state index in [1.54, 1.807) is 6.08 Å². The van der Waals surface area contributed by atoms with Gasteiger partial charge in [0.15, 0.2) is 0 Å². The molecule has 0 spiro atoms. The molecule has 9 heteroatoms. The molecule has 0 radical (unpaired) electrons. The number of aliphatic hydroxyl groups excluding tert-OH is 1. The average Bonchev–Trinajstić information content (AvgIpc) is 3.21. The van der Waals surface area contributed by atoms with Crippen LogP contribution in [0.3, 0.4) is 0 Å². The Kier molecular flexibility index (Phi) is 42.6. The minimum Gasteiger partial charge on any atom is -0.756 e. The quantitative estimate of drug-likeness (QED) is 0.0273. The number of rotatable bonds is 46. The summed E-state index contributed by atoms with van der Waals surface area (Å²) in [5, 5.41) is 13.8. The highest BCUT2D eigenvalue weighted by Gasteiger charge is 2.23. The number of hydrogen-bond donors (Lipinski definition) is 2. The van der Waals surface area contributed by atoms with Crippen molar-refractivity contribution in [2.24, 2.45) is 0 Å². The van der Waals surface area contributed by atoms with Crippen LogP contribution in [0.4, 0.5) is 0 Å². The molecule has 8 nitrogen and oxygen atoms in total. The van der Waals surface area contributed by atoms with Crippen molar-refractivity contribution in [1.82, 2.24) is 5.32 Å². The molecule has 0 aliphatic heterocycles. The van der Waals surface area contributed by atoms with Gasteiger partial charge >= 0.3 is 0 Å². The summed E-state index contributed by atoms with van der Waals surface area (Å²) in [7, 11) is 1.25. The summed E-state index contributed by atoms with van der Waals surface area (Å²) < 4.78 is 23.3. The van der Waals surface area contributed by atoms with Gasteiger partial charge in [0.2, 0.25) is 5.91 Å². The van der Waals surface area contributed by atoms with Crippen molar-refractivity contribution >= 4 is 13.7 Å². The van der Waals surface area contributed by atoms with Gasteiger partial charge in [0.1, 0.15) is 13.2 Å². The maximum absolute atomic E-state index is 12.9. The summed E-state index contributed by atoms with van der Waals surface area (Å²) in [6, 6.07) is -0.894. The monoisotopic (exact) mass is 879 g/mol. The number of likely N-dealkylation sites (N-methyl/N-ethyl adjacent to an activating group) is 1. The van der Waals surface area contributed by atoms with Crippen LogP contribution in [-0.4, -0.2) is 68.5 Å². The number of quaternary nitrogens is 1. The third kappa shape index (κ3) is 46.3. The van der Waals surface area contributed by atoms with Gasteiger partial charge in [-0.05, 0) is 57.8 Å². The molecule has 1 amide bonds. The van der Waals surface area contributed by atoms with Crippen molar-refractivity contribution in [1.29, 1.82) is 0 Å². The molecule has 0 rings (SSSR count). The number of aliphatic hydroxyl groups is 1. The zero-order chi connectivity index (χ0) is 45.0. The predicted molar refractivity (Wildman–Crippen MR) is 261 cm³/mol. The number of nitrogens with one attached hydrogen (secondary N) is 1. The molecular formula is C52H99N2O6P. The maximum atomic E-state index is 12.9. The first-order valence-corrected chi connectivity index (χ1v) is 27.0. The van der Waals surface area contributed by atoms with Crippen LogP contribution in [0.2, 0.25) is 0 Å². The normalized spacial score (nSPS) is 14.5. The lowest BCUT2D eigenvalue weighted by Gasteiger charge is -2.29. The van der Waals surface area contributed by atoms with Crippen LogP contribution in [-0.2, 0) is 18.4 Å². The van der Waals surface area contributed by atoms with Gasteiger partial charge in [-0.2, -0.15) is 0 Å². The topological polar surface area (TPSA) is 108 Å². The van der Waals surface area contributed by atoms with Gasteiger partial charge in [-0.1, -0.05) is 210 Å². The summed E-state index contributed by atoms with van der Waals surface area (Å²) in [6.07, 6.45) is 55.9. The molecule has 0 aromatic heterocycles. The Labute approximate surface area is 378 Å². The molecule has 0 fully saturated rings. The SMILES string of the molecule is CCCCCCC/C=C\C/C=C\C/C=C\CCCCCCCCC(=O)NC(COP(=O)([O-])OCC[N+](C)(C)C)C(O)/C=C/CCCCCCCCCCCCCCCCCC. The largest absolute Gasteiger partial charge is 0.756 e. The van der Waals surface area contributed by atoms with Gasteiger partial charge in [-0.15, -0.1) is 0 Å². The van der Waals surface area contributed by atoms with Crippen molar-refractivity contribution in [2.45, 2.75) is 238 Å². The second kappa shape index (κ2) is 43.7. The molecule has 3 unspecified atom stereocenters. The molecular weight excluding hydrogens is 780 g/mol. The van der Waals surface area contributed by atoms with E-state index in [0.717, 1.165) is 64.2 Å². The van der Waals surface area contributed by atoms with Gasteiger partial charge in [0.05, 0.1) is 39.9 Å². The molecule has 358 valence electrons. The Morgan fingerprint density at radius 2 is 0.951 bits per heavy atom. The van der Waals surface area contributed by atoms with Crippen LogP contribution in [0, 0.1) is 0 Å². The zero-order valence-electron chi connectivity index (χ0n) is 40.6. The van der Waals surface area contributed by atoms with E-state index in [1.807, 2.05) is 27.2 Å². The lowest BCUT2D eigenvalue weighted by molar-refractivity contribution is -0.870. The van der Waals surface area contributed by atoms with E-state index in [4.69, 9.17) is 9.05 Å². The summed E-state index contributed by atoms with van der Waals surface area (Å²) >= 11 is 0. The predicted octanol–water partition coefficient (Wildman–Crippen LogP) is 14.2. The van der Waals surface area contributed by atoms with Crippen molar-refractivity contribution in [3.63, 3.8) is 0 Å². The third-order valence-electron chi connectivity index (χ3n) is 11.3. The molecule has 0 aromatic carbocycles. The number of carbonyl (C=O) groups is 1. The molecule has 0 saturated heterocycles. The maximum Gasteiger partial charge on any atom is 0.268 e. The van der Waals surface area contributed by atoms with Crippen molar-refractivity contribution in [3.8, 4) is 0 Å². The van der Waals surface area contributed by atoms with E-state index in [2.05, 4.69) is 55.6 Å². The van der Waals surface area contributed by atoms with Crippen LogP contribution in [0.5, 0.6) is 0 Å². The van der Waals surface area contributed by atoms with E-state index >= 15 is 0 Å². The third-order valence-corrected chi connectivity index (χ3v) is 12.2. The Morgan fingerprint density at radius 1 is 0.574 bits per heavy atom. The Hall–Kier alpha value is -1.54. The minimum absolute atomic E-state index is 0.00495. The Balaban J connectivity index is 4.36. The molecule has 0 saturated carbocycles. The van der Waals surface area contributed by atoms with Gasteiger partial charge in [0.25, 0.3) is 7.82 Å². The Morgan fingerprint density at radius 3 is 1.38 bits per heavy atom. The van der Waals surface area contributed by atoms with E-state index in [-0.39, 0.29) is 19.1 Å². The molecule has 0 heterocycles. The highest BCUT2D eigenvalue weighted by atomic mass is 31.2. The van der Waals surface area contributed by atoms with Crippen LogP contribution in [0.15, 0.2) is 48.6 Å². The number of carbonyl (C=O) groups excluding carboxylic acids is 1. The van der Waals surface area contributed by atoms with Crippen LogP contribution >= 0.6 is 7.82 Å². The molecule has 2 N–H and O–H groups in total. The molecule has 0 bridgehead atoms. The molecule has 0 aromatic rings. The summed E-state index contributed by atoms with van der Waals surface area (Å²) in [5.74, 6) is -0.210. The fourth-order valence-electron chi connectivity index (χ4n) is 7.22. The fraction of sp³-hybridized carbons (Fsp3) is 0.827. The summed E-state index contributed by atoms with van der Waals surface area (Å²) in [5.41, 5.74) is 0. The van der Waals surface area contributed by atoms with Crippen molar-refractivity contribution < 1.29 is 32.9 Å². The highest BCUT2D eigenvalue weighted by molar-refractivity contribution is 7.45. The molecule has 0 aliphatic rings. The molecule has 0 aliphatic carbocycles. The molecule has 3 atom stereocenters. The summed E-state index contributed by atoms with van der Waals surface area (Å²) in [4.78, 5) is 25.4. The van der Waals surface area contributed by atoms with Crippen molar-refractivity contribution in [2.75, 3.05) is 40.9 Å². The van der Waals surface area contributed by atoms with Gasteiger partial charge in [0, 0.05) is 6.42 Å². The first-order chi connectivity index (χ1) is 29.5. The first-order valence-electron chi connectivity index (χ1n) is 25.5. The number of hydrogen-bond acceptors (Lipinski definition) is 6. The fourth-order valence-corrected chi connectivity index (χ4v) is 7.94. The molecule has 61 heavy (non-hydrogen) atoms. The number of unbranched alkanes of at least 4 members (excludes halogenated alkanes) is 27. The van der Waals surface area contributed by atoms with E-state index in [1.165, 1.54) is 141 Å². The Bertz CT molecular complexity index is 1130. The van der Waals surface area contributed by atoms with E-state index < -0.39 is 20.0 Å². The van der Waals surface area contributed by atoms with Gasteiger partial charge < -0.3 is 28.8 Å². The van der Waals surface area contributed by atoms with E-state index in [9.17, 15) is 19.4 Å². The average molecular weight is 879 g/mol. The minimum atomic E-state index is -4.60. The number of phosphoric acid groups is 1. The lowest BCUT2D eigenvalue weighted by Crippen LogP contribution is -2.45. The van der Waals surface area contributed by atoms with Gasteiger partial charge in [-0.25, -0.2) is 0 Å². The first kappa shape index (κ1) is 59.5. The standard InChI is InChI=1S/C52H99N2O6P/c1-6-8-10-12-14-16-18-20-22-24-26-27-28-30-32-34-36-38-40-42-44-46-52(56)53-50(49-60-61(57,58)59-48-47-54(3,4)5)51(55)45-43-41-39-37-35-33-31-29-25-23-21-19-17-15-13-11-9-7-2/h18,20,24,26,28,30,43,45,50-51,55H,6-17,19,21-23,25,27,29,31-42,44,46-49H2,1-5H3,(H-,53,56,57,58)/b20-18-,26-24-,30-28-,45-43+. The van der Waals surface area contributed by atoms with Gasteiger partial charge in [-0.3, -0.25) is 9.36 Å². The number of phosphoric ester groups is 1. The lowest BCUT2D eigenvalue weighted by atomic mass is 10.0. The smallest absolute Gasteiger partial charge is 0.268 e. The number of allylic oxidation sites excluding steroid dienone is 7. The van der Waals surface area contributed by atoms with Crippen LogP contribution < -0.4 is 10.2 Å². The zero-order valence-corrected chi connectivity index (χ0v) is 41.5. The van der Waals surface area contributed by atoms with E-state index in [0.29, 0.717) is 17.4 Å². The van der Waals surface area contributed by atoms with Crippen LogP contribution in [0.1, 0.15) is 226 Å². The van der Waals surface area contributed by atoms with Crippen molar-refractivity contribution in [3.05, 3.63) is 48.6 Å². The number of nitrogens with zero attached hydrogens (tertiary/aromatic N) is 1. The summed E-state index contributed by atoms with van der Waals surface area (Å²) in [6.45, 7) is 4.63. The second-order valence-corrected chi connectivity index (χ2v) is 19.9. The van der Waals surface area contributed by atoms with Crippen LogP contribution in [0.25, 0.3) is 0 Å².